The Bertz CT molecular complexity index is 631. The molecular formula is C34H61O2PS2-2. The average Bonchev–Trinajstić information content (AvgIpc) is 2.89. The van der Waals surface area contributed by atoms with Crippen LogP contribution in [-0.4, -0.2) is 0 Å². The van der Waals surface area contributed by atoms with Gasteiger partial charge in [0.15, 0.2) is 5.75 Å². The number of rotatable bonds is 28. The number of aryl methyl sites for hydroxylation is 2. The zero-order chi connectivity index (χ0) is 28.4. The van der Waals surface area contributed by atoms with Crippen LogP contribution in [0, 0.1) is 0 Å². The topological polar surface area (TPSA) is 32.3 Å². The van der Waals surface area contributed by atoms with Gasteiger partial charge in [0.1, 0.15) is 0 Å². The maximum absolute atomic E-state index is 12.0. The summed E-state index contributed by atoms with van der Waals surface area (Å²) in [7, 11) is 0. The number of hydrogen-bond acceptors (Lipinski definition) is 4. The zero-order valence-corrected chi connectivity index (χ0v) is 28.2. The molecule has 1 rings (SSSR count). The summed E-state index contributed by atoms with van der Waals surface area (Å²) in [6.07, 6.45) is 31.4. The van der Waals surface area contributed by atoms with E-state index < -0.39 is 6.12 Å². The molecule has 0 saturated heterocycles. The first kappa shape index (κ1) is 37.1. The smallest absolute Gasteiger partial charge is 0.168 e. The highest BCUT2D eigenvalue weighted by atomic mass is 33.1. The van der Waals surface area contributed by atoms with Crippen molar-refractivity contribution >= 4 is 30.6 Å². The van der Waals surface area contributed by atoms with Gasteiger partial charge in [-0.05, 0) is 48.9 Å². The van der Waals surface area contributed by atoms with Gasteiger partial charge in [0.25, 0.3) is 0 Å². The fourth-order valence-electron chi connectivity index (χ4n) is 5.54. The third-order valence-electron chi connectivity index (χ3n) is 7.88. The van der Waals surface area contributed by atoms with Crippen LogP contribution in [0.1, 0.15) is 179 Å². The van der Waals surface area contributed by atoms with Gasteiger partial charge in [0, 0.05) is 0 Å². The van der Waals surface area contributed by atoms with E-state index in [0.717, 1.165) is 12.8 Å². The Kier molecular flexibility index (Phi) is 24.6. The van der Waals surface area contributed by atoms with Crippen LogP contribution in [0.4, 0.5) is 0 Å². The number of unbranched alkanes of at least 4 members (excludes halogenated alkanes) is 22. The lowest BCUT2D eigenvalue weighted by molar-refractivity contribution is -0.169. The Balaban J connectivity index is 2.25. The SMILES string of the molecule is CCCCCCCCCCCCCCc1cc(CCCCCCCCCCCCCC)cc(O[P+]([O-])([S-])[S-])c1. The molecule has 0 atom stereocenters. The minimum Gasteiger partial charge on any atom is -0.682 e. The second-order valence-corrected chi connectivity index (χ2v) is 16.5. The molecule has 0 aliphatic carbocycles. The van der Waals surface area contributed by atoms with Gasteiger partial charge in [-0.1, -0.05) is 161 Å². The Morgan fingerprint density at radius 2 is 0.769 bits per heavy atom. The molecule has 0 spiro atoms. The normalized spacial score (nSPS) is 11.8. The lowest BCUT2D eigenvalue weighted by atomic mass is 9.99. The predicted octanol–water partition coefficient (Wildman–Crippen LogP) is 11.7. The first-order chi connectivity index (χ1) is 18.9. The monoisotopic (exact) mass is 596 g/mol. The van der Waals surface area contributed by atoms with E-state index in [0.29, 0.717) is 5.75 Å². The van der Waals surface area contributed by atoms with Gasteiger partial charge in [-0.2, -0.15) is 0 Å². The van der Waals surface area contributed by atoms with Crippen LogP contribution in [0.5, 0.6) is 5.75 Å². The highest BCUT2D eigenvalue weighted by molar-refractivity contribution is 8.69. The van der Waals surface area contributed by atoms with Crippen molar-refractivity contribution < 1.29 is 9.42 Å². The van der Waals surface area contributed by atoms with E-state index in [1.54, 1.807) is 0 Å². The van der Waals surface area contributed by atoms with Crippen molar-refractivity contribution in [1.29, 1.82) is 0 Å². The molecule has 0 aromatic heterocycles. The Hall–Kier alpha value is 0.110. The Morgan fingerprint density at radius 1 is 0.487 bits per heavy atom. The van der Waals surface area contributed by atoms with Gasteiger partial charge >= 0.3 is 0 Å². The standard InChI is InChI=1S/C34H63O2PS2/c1-3-5-7-9-11-13-15-17-19-21-23-25-27-32-29-33(31-34(30-32)36-37(35,38)39)28-26-24-22-20-18-16-14-12-10-8-6-4-2/h29-31H,3-28H2,1-2H3,(H2,35,38,39)/p-2. The second kappa shape index (κ2) is 25.8. The highest BCUT2D eigenvalue weighted by Gasteiger charge is 2.06. The highest BCUT2D eigenvalue weighted by Crippen LogP contribution is 2.46. The van der Waals surface area contributed by atoms with Crippen LogP contribution in [0.25, 0.3) is 0 Å². The van der Waals surface area contributed by atoms with Crippen molar-refractivity contribution in [3.8, 4) is 5.75 Å². The van der Waals surface area contributed by atoms with Gasteiger partial charge in [0.2, 0.25) is 0 Å². The Labute approximate surface area is 255 Å². The van der Waals surface area contributed by atoms with Crippen LogP contribution in [0.15, 0.2) is 18.2 Å². The van der Waals surface area contributed by atoms with Crippen LogP contribution >= 0.6 is 6.12 Å². The largest absolute Gasteiger partial charge is 0.682 e. The second-order valence-electron chi connectivity index (χ2n) is 11.8. The van der Waals surface area contributed by atoms with E-state index in [4.69, 9.17) is 29.0 Å². The van der Waals surface area contributed by atoms with Crippen LogP contribution in [0.2, 0.25) is 0 Å². The Morgan fingerprint density at radius 3 is 1.05 bits per heavy atom. The van der Waals surface area contributed by atoms with Crippen LogP contribution in [-0.2, 0) is 37.3 Å². The average molecular weight is 597 g/mol. The van der Waals surface area contributed by atoms with Crippen molar-refractivity contribution in [3.05, 3.63) is 29.3 Å². The maximum atomic E-state index is 12.0. The van der Waals surface area contributed by atoms with Gasteiger partial charge in [0.05, 0.1) is 0 Å². The zero-order valence-electron chi connectivity index (χ0n) is 25.7. The molecule has 0 bridgehead atoms. The molecule has 0 heterocycles. The molecule has 0 radical (unpaired) electrons. The summed E-state index contributed by atoms with van der Waals surface area (Å²) in [6, 6.07) is 6.34. The van der Waals surface area contributed by atoms with Gasteiger partial charge in [-0.25, -0.2) is 0 Å². The molecule has 0 fully saturated rings. The predicted molar refractivity (Wildman–Crippen MR) is 178 cm³/mol. The third kappa shape index (κ3) is 24.4. The summed E-state index contributed by atoms with van der Waals surface area (Å²) in [5.41, 5.74) is 2.54. The van der Waals surface area contributed by atoms with E-state index in [2.05, 4.69) is 19.9 Å². The van der Waals surface area contributed by atoms with E-state index in [-0.39, 0.29) is 0 Å². The van der Waals surface area contributed by atoms with Crippen molar-refractivity contribution in [2.24, 2.45) is 0 Å². The fourth-order valence-corrected chi connectivity index (χ4v) is 6.42. The molecule has 1 aromatic carbocycles. The first-order valence-electron chi connectivity index (χ1n) is 16.8. The molecular weight excluding hydrogens is 535 g/mol. The molecule has 5 heteroatoms. The summed E-state index contributed by atoms with van der Waals surface area (Å²) in [5, 5.41) is 0. The van der Waals surface area contributed by atoms with Crippen LogP contribution in [0.3, 0.4) is 0 Å². The van der Waals surface area contributed by atoms with E-state index >= 15 is 0 Å². The lowest BCUT2D eigenvalue weighted by Gasteiger charge is -2.42. The molecule has 0 amide bonds. The summed E-state index contributed by atoms with van der Waals surface area (Å²) in [4.78, 5) is 12.0. The van der Waals surface area contributed by atoms with Crippen molar-refractivity contribution in [1.82, 2.24) is 0 Å². The molecule has 2 nitrogen and oxygen atoms in total. The molecule has 0 aliphatic rings. The lowest BCUT2D eigenvalue weighted by Crippen LogP contribution is -2.09. The summed E-state index contributed by atoms with van der Waals surface area (Å²) in [6.45, 7) is 4.56. The van der Waals surface area contributed by atoms with Gasteiger partial charge in [-0.15, -0.1) is 6.12 Å². The minimum absolute atomic E-state index is 0.605. The molecule has 39 heavy (non-hydrogen) atoms. The van der Waals surface area contributed by atoms with E-state index in [1.807, 2.05) is 12.1 Å². The molecule has 228 valence electrons. The number of benzene rings is 1. The maximum Gasteiger partial charge on any atom is 0.168 e. The van der Waals surface area contributed by atoms with Crippen molar-refractivity contribution in [2.45, 2.75) is 181 Å². The summed E-state index contributed by atoms with van der Waals surface area (Å²) in [5.74, 6) is 0.605. The number of hydrogen-bond donors (Lipinski definition) is 0. The minimum atomic E-state index is -3.38. The summed E-state index contributed by atoms with van der Waals surface area (Å²) >= 11 is 9.77. The molecule has 0 saturated carbocycles. The molecule has 0 N–H and O–H groups in total. The van der Waals surface area contributed by atoms with E-state index in [9.17, 15) is 4.89 Å². The molecule has 0 unspecified atom stereocenters. The molecule has 0 aliphatic heterocycles. The first-order valence-corrected chi connectivity index (χ1v) is 20.4. The van der Waals surface area contributed by atoms with Crippen molar-refractivity contribution in [3.63, 3.8) is 0 Å². The summed E-state index contributed by atoms with van der Waals surface area (Å²) < 4.78 is 5.49. The van der Waals surface area contributed by atoms with Gasteiger partial charge < -0.3 is 33.9 Å². The van der Waals surface area contributed by atoms with Crippen molar-refractivity contribution in [2.75, 3.05) is 0 Å². The molecule has 1 aromatic rings. The third-order valence-corrected chi connectivity index (χ3v) is 8.76. The quantitative estimate of drug-likeness (QED) is 0.0547. The van der Waals surface area contributed by atoms with Crippen LogP contribution < -0.4 is 9.42 Å². The van der Waals surface area contributed by atoms with Gasteiger partial charge in [-0.3, -0.25) is 0 Å². The fraction of sp³-hybridized carbons (Fsp3) is 0.824. The van der Waals surface area contributed by atoms with E-state index in [1.165, 1.54) is 165 Å².